The van der Waals surface area contributed by atoms with Gasteiger partial charge in [-0.2, -0.15) is 0 Å². The van der Waals surface area contributed by atoms with Crippen LogP contribution in [0.3, 0.4) is 0 Å². The molecule has 0 aromatic carbocycles. The third-order valence-electron chi connectivity index (χ3n) is 1.74. The van der Waals surface area contributed by atoms with Gasteiger partial charge in [-0.05, 0) is 11.6 Å². The third kappa shape index (κ3) is 2.76. The minimum absolute atomic E-state index is 0.179. The first-order valence-electron chi connectivity index (χ1n) is 4.56. The second-order valence-corrected chi connectivity index (χ2v) is 2.84. The number of rotatable bonds is 5. The SMILES string of the molecule is CCCCNC(=O)c1cc(OC)no1. The number of unbranched alkanes of at least 4 members (excludes halogenated alkanes) is 1. The Morgan fingerprint density at radius 2 is 2.50 bits per heavy atom. The lowest BCUT2D eigenvalue weighted by Gasteiger charge is -1.99. The van der Waals surface area contributed by atoms with Gasteiger partial charge in [0.2, 0.25) is 5.76 Å². The van der Waals surface area contributed by atoms with Crippen LogP contribution in [0.4, 0.5) is 0 Å². The molecular formula is C9H14N2O3. The summed E-state index contributed by atoms with van der Waals surface area (Å²) in [5, 5.41) is 6.23. The first-order chi connectivity index (χ1) is 6.77. The lowest BCUT2D eigenvalue weighted by Crippen LogP contribution is -2.23. The summed E-state index contributed by atoms with van der Waals surface area (Å²) in [4.78, 5) is 11.3. The van der Waals surface area contributed by atoms with Crippen LogP contribution < -0.4 is 10.1 Å². The molecule has 14 heavy (non-hydrogen) atoms. The molecule has 0 aliphatic carbocycles. The molecule has 0 saturated heterocycles. The zero-order chi connectivity index (χ0) is 10.4. The Kier molecular flexibility index (Phi) is 3.97. The smallest absolute Gasteiger partial charge is 0.290 e. The van der Waals surface area contributed by atoms with Gasteiger partial charge in [-0.15, -0.1) is 0 Å². The summed E-state index contributed by atoms with van der Waals surface area (Å²) in [6.07, 6.45) is 2.00. The van der Waals surface area contributed by atoms with Gasteiger partial charge in [0.1, 0.15) is 0 Å². The Labute approximate surface area is 82.4 Å². The van der Waals surface area contributed by atoms with Crippen molar-refractivity contribution in [3.8, 4) is 5.88 Å². The summed E-state index contributed by atoms with van der Waals surface area (Å²) in [6.45, 7) is 2.71. The van der Waals surface area contributed by atoms with Crippen molar-refractivity contribution >= 4 is 5.91 Å². The van der Waals surface area contributed by atoms with Crippen molar-refractivity contribution in [3.05, 3.63) is 11.8 Å². The number of methoxy groups -OCH3 is 1. The van der Waals surface area contributed by atoms with Crippen LogP contribution in [-0.2, 0) is 0 Å². The molecule has 1 N–H and O–H groups in total. The molecule has 0 radical (unpaired) electrons. The number of nitrogens with one attached hydrogen (secondary N) is 1. The van der Waals surface area contributed by atoms with E-state index in [9.17, 15) is 4.79 Å². The standard InChI is InChI=1S/C9H14N2O3/c1-3-4-5-10-9(12)7-6-8(13-2)11-14-7/h6H,3-5H2,1-2H3,(H,10,12). The van der Waals surface area contributed by atoms with E-state index in [-0.39, 0.29) is 11.7 Å². The molecule has 0 aliphatic heterocycles. The lowest BCUT2D eigenvalue weighted by molar-refractivity contribution is 0.0916. The normalized spacial score (nSPS) is 9.86. The van der Waals surface area contributed by atoms with Crippen LogP contribution >= 0.6 is 0 Å². The van der Waals surface area contributed by atoms with Crippen molar-refractivity contribution in [1.29, 1.82) is 0 Å². The zero-order valence-electron chi connectivity index (χ0n) is 8.37. The lowest BCUT2D eigenvalue weighted by atomic mass is 10.3. The maximum atomic E-state index is 11.3. The summed E-state index contributed by atoms with van der Waals surface area (Å²) in [5.74, 6) is 0.234. The van der Waals surface area contributed by atoms with Crippen LogP contribution in [-0.4, -0.2) is 24.7 Å². The fraction of sp³-hybridized carbons (Fsp3) is 0.556. The number of aromatic nitrogens is 1. The number of carbonyl (C=O) groups is 1. The van der Waals surface area contributed by atoms with E-state index in [4.69, 9.17) is 9.26 Å². The third-order valence-corrected chi connectivity index (χ3v) is 1.74. The number of hydrogen-bond acceptors (Lipinski definition) is 4. The molecule has 1 aromatic rings. The van der Waals surface area contributed by atoms with E-state index in [1.807, 2.05) is 0 Å². The predicted molar refractivity (Wildman–Crippen MR) is 50.3 cm³/mol. The van der Waals surface area contributed by atoms with Crippen molar-refractivity contribution in [2.24, 2.45) is 0 Å². The molecule has 5 heteroatoms. The zero-order valence-corrected chi connectivity index (χ0v) is 8.37. The number of carbonyl (C=O) groups excluding carboxylic acids is 1. The van der Waals surface area contributed by atoms with Gasteiger partial charge in [-0.1, -0.05) is 13.3 Å². The predicted octanol–water partition coefficient (Wildman–Crippen LogP) is 1.21. The second kappa shape index (κ2) is 5.26. The van der Waals surface area contributed by atoms with Crippen molar-refractivity contribution in [1.82, 2.24) is 10.5 Å². The number of amides is 1. The van der Waals surface area contributed by atoms with Crippen molar-refractivity contribution in [3.63, 3.8) is 0 Å². The first kappa shape index (κ1) is 10.6. The van der Waals surface area contributed by atoms with Gasteiger partial charge in [0.05, 0.1) is 13.2 Å². The Bertz CT molecular complexity index is 296. The monoisotopic (exact) mass is 198 g/mol. The molecule has 1 heterocycles. The van der Waals surface area contributed by atoms with E-state index in [1.165, 1.54) is 13.2 Å². The van der Waals surface area contributed by atoms with Crippen LogP contribution in [0, 0.1) is 0 Å². The van der Waals surface area contributed by atoms with Crippen molar-refractivity contribution in [2.75, 3.05) is 13.7 Å². The first-order valence-corrected chi connectivity index (χ1v) is 4.56. The number of nitrogens with zero attached hydrogens (tertiary/aromatic N) is 1. The molecule has 1 aromatic heterocycles. The molecule has 0 spiro atoms. The van der Waals surface area contributed by atoms with Gasteiger partial charge in [-0.3, -0.25) is 4.79 Å². The molecule has 0 bridgehead atoms. The van der Waals surface area contributed by atoms with E-state index < -0.39 is 0 Å². The Balaban J connectivity index is 2.44. The summed E-state index contributed by atoms with van der Waals surface area (Å²) in [6, 6.07) is 1.46. The van der Waals surface area contributed by atoms with Gasteiger partial charge in [0.25, 0.3) is 11.8 Å². The summed E-state index contributed by atoms with van der Waals surface area (Å²) >= 11 is 0. The van der Waals surface area contributed by atoms with Crippen LogP contribution in [0.25, 0.3) is 0 Å². The molecule has 0 saturated carbocycles. The topological polar surface area (TPSA) is 64.4 Å². The average Bonchev–Trinajstić information content (AvgIpc) is 2.66. The molecule has 0 aliphatic rings. The Morgan fingerprint density at radius 1 is 1.71 bits per heavy atom. The van der Waals surface area contributed by atoms with E-state index in [0.717, 1.165) is 12.8 Å². The maximum absolute atomic E-state index is 11.3. The van der Waals surface area contributed by atoms with E-state index in [0.29, 0.717) is 12.4 Å². The van der Waals surface area contributed by atoms with Gasteiger partial charge < -0.3 is 14.6 Å². The van der Waals surface area contributed by atoms with E-state index in [1.54, 1.807) is 0 Å². The van der Waals surface area contributed by atoms with Crippen LogP contribution in [0.1, 0.15) is 30.3 Å². The summed E-state index contributed by atoms with van der Waals surface area (Å²) in [5.41, 5.74) is 0. The quantitative estimate of drug-likeness (QED) is 0.722. The Morgan fingerprint density at radius 3 is 3.07 bits per heavy atom. The molecule has 1 rings (SSSR count). The molecule has 0 fully saturated rings. The highest BCUT2D eigenvalue weighted by Crippen LogP contribution is 2.09. The second-order valence-electron chi connectivity index (χ2n) is 2.84. The average molecular weight is 198 g/mol. The summed E-state index contributed by atoms with van der Waals surface area (Å²) < 4.78 is 9.55. The molecule has 1 amide bonds. The minimum Gasteiger partial charge on any atom is -0.479 e. The number of hydrogen-bond donors (Lipinski definition) is 1. The highest BCUT2D eigenvalue weighted by molar-refractivity contribution is 5.91. The highest BCUT2D eigenvalue weighted by atomic mass is 16.5. The van der Waals surface area contributed by atoms with Gasteiger partial charge in [0.15, 0.2) is 0 Å². The van der Waals surface area contributed by atoms with Crippen LogP contribution in [0.5, 0.6) is 5.88 Å². The fourth-order valence-electron chi connectivity index (χ4n) is 0.928. The van der Waals surface area contributed by atoms with Gasteiger partial charge in [-0.25, -0.2) is 0 Å². The molecule has 0 atom stereocenters. The Hall–Kier alpha value is -1.52. The maximum Gasteiger partial charge on any atom is 0.290 e. The van der Waals surface area contributed by atoms with Gasteiger partial charge in [0, 0.05) is 6.54 Å². The van der Waals surface area contributed by atoms with Crippen molar-refractivity contribution < 1.29 is 14.1 Å². The van der Waals surface area contributed by atoms with E-state index >= 15 is 0 Å². The molecule has 78 valence electrons. The van der Waals surface area contributed by atoms with Crippen LogP contribution in [0.15, 0.2) is 10.6 Å². The summed E-state index contributed by atoms with van der Waals surface area (Å²) in [7, 11) is 1.47. The minimum atomic E-state index is -0.255. The largest absolute Gasteiger partial charge is 0.479 e. The van der Waals surface area contributed by atoms with Crippen LogP contribution in [0.2, 0.25) is 0 Å². The van der Waals surface area contributed by atoms with Gasteiger partial charge >= 0.3 is 0 Å². The molecular weight excluding hydrogens is 184 g/mol. The molecule has 5 nitrogen and oxygen atoms in total. The van der Waals surface area contributed by atoms with E-state index in [2.05, 4.69) is 17.4 Å². The molecule has 0 unspecified atom stereocenters. The number of ether oxygens (including phenoxy) is 1. The van der Waals surface area contributed by atoms with Crippen molar-refractivity contribution in [2.45, 2.75) is 19.8 Å². The highest BCUT2D eigenvalue weighted by Gasteiger charge is 2.11. The fourth-order valence-corrected chi connectivity index (χ4v) is 0.928.